The molecule has 1 heterocycles. The Morgan fingerprint density at radius 2 is 2.04 bits per heavy atom. The van der Waals surface area contributed by atoms with E-state index in [1.807, 2.05) is 6.92 Å². The van der Waals surface area contributed by atoms with Crippen LogP contribution < -0.4 is 10.1 Å². The van der Waals surface area contributed by atoms with Crippen LogP contribution >= 0.6 is 0 Å². The zero-order valence-electron chi connectivity index (χ0n) is 15.4. The number of pyridine rings is 1. The Morgan fingerprint density at radius 3 is 2.67 bits per heavy atom. The van der Waals surface area contributed by atoms with Crippen molar-refractivity contribution in [1.29, 1.82) is 0 Å². The molecule has 1 atom stereocenters. The minimum atomic E-state index is -0.692. The van der Waals surface area contributed by atoms with E-state index in [4.69, 9.17) is 9.47 Å². The quantitative estimate of drug-likeness (QED) is 0.239. The topological polar surface area (TPSA) is 104 Å². The van der Waals surface area contributed by atoms with Crippen LogP contribution in [-0.2, 0) is 9.53 Å². The number of aromatic nitrogens is 1. The number of anilines is 1. The molecule has 0 spiro atoms. The number of methoxy groups -OCH3 is 1. The molecule has 1 aromatic heterocycles. The molecule has 0 saturated heterocycles. The molecule has 1 unspecified atom stereocenters. The van der Waals surface area contributed by atoms with Gasteiger partial charge in [0.1, 0.15) is 11.1 Å². The average molecular weight is 369 g/mol. The molecule has 3 aromatic rings. The number of ether oxygens (including phenoxy) is 2. The summed E-state index contributed by atoms with van der Waals surface area (Å²) in [6.45, 7) is 4.80. The van der Waals surface area contributed by atoms with Crippen molar-refractivity contribution < 1.29 is 19.2 Å². The molecule has 0 aliphatic rings. The van der Waals surface area contributed by atoms with E-state index in [0.29, 0.717) is 33.2 Å². The van der Waals surface area contributed by atoms with Gasteiger partial charge in [0, 0.05) is 18.4 Å². The maximum Gasteiger partial charge on any atom is 0.304 e. The monoisotopic (exact) mass is 369 g/mol. The van der Waals surface area contributed by atoms with Crippen molar-refractivity contribution in [1.82, 2.24) is 4.98 Å². The van der Waals surface area contributed by atoms with Crippen LogP contribution in [0, 0.1) is 17.0 Å². The Morgan fingerprint density at radius 1 is 1.30 bits per heavy atom. The fourth-order valence-corrected chi connectivity index (χ4v) is 3.05. The van der Waals surface area contributed by atoms with Gasteiger partial charge in [-0.1, -0.05) is 6.07 Å². The lowest BCUT2D eigenvalue weighted by molar-refractivity contribution is -0.383. The molecule has 8 heteroatoms. The SMILES string of the molecule is COc1ccc2nc3c(C)ccc([N+](=O)[O-])c3c(NC(C)OC(C)=O)c2c1. The molecule has 8 nitrogen and oxygen atoms in total. The maximum atomic E-state index is 11.6. The van der Waals surface area contributed by atoms with E-state index in [1.165, 1.54) is 20.1 Å². The van der Waals surface area contributed by atoms with E-state index in [9.17, 15) is 14.9 Å². The molecular formula is C19H19N3O5. The first kappa shape index (κ1) is 18.4. The first-order valence-corrected chi connectivity index (χ1v) is 8.31. The van der Waals surface area contributed by atoms with Crippen LogP contribution in [0.25, 0.3) is 21.8 Å². The van der Waals surface area contributed by atoms with Crippen molar-refractivity contribution in [2.75, 3.05) is 12.4 Å². The van der Waals surface area contributed by atoms with Gasteiger partial charge in [-0.25, -0.2) is 4.98 Å². The minimum Gasteiger partial charge on any atom is -0.497 e. The highest BCUT2D eigenvalue weighted by atomic mass is 16.6. The van der Waals surface area contributed by atoms with Gasteiger partial charge < -0.3 is 14.8 Å². The summed E-state index contributed by atoms with van der Waals surface area (Å²) in [6, 6.07) is 8.42. The molecule has 0 bridgehead atoms. The zero-order chi connectivity index (χ0) is 19.7. The number of aryl methyl sites for hydroxylation is 1. The van der Waals surface area contributed by atoms with E-state index < -0.39 is 17.1 Å². The fourth-order valence-electron chi connectivity index (χ4n) is 3.05. The van der Waals surface area contributed by atoms with E-state index in [2.05, 4.69) is 10.3 Å². The fraction of sp³-hybridized carbons (Fsp3) is 0.263. The van der Waals surface area contributed by atoms with Crippen LogP contribution in [0.3, 0.4) is 0 Å². The predicted molar refractivity (Wildman–Crippen MR) is 102 cm³/mol. The number of nitro benzene ring substituents is 1. The number of nitrogens with one attached hydrogen (secondary N) is 1. The van der Waals surface area contributed by atoms with Crippen LogP contribution in [0.2, 0.25) is 0 Å². The second-order valence-corrected chi connectivity index (χ2v) is 6.15. The Hall–Kier alpha value is -3.42. The second kappa shape index (κ2) is 7.06. The zero-order valence-corrected chi connectivity index (χ0v) is 15.4. The van der Waals surface area contributed by atoms with Crippen molar-refractivity contribution in [2.24, 2.45) is 0 Å². The van der Waals surface area contributed by atoms with Crippen molar-refractivity contribution in [3.05, 3.63) is 46.0 Å². The Bertz CT molecular complexity index is 1060. The van der Waals surface area contributed by atoms with Crippen LogP contribution in [0.1, 0.15) is 19.4 Å². The Balaban J connectivity index is 2.40. The highest BCUT2D eigenvalue weighted by Crippen LogP contribution is 2.39. The van der Waals surface area contributed by atoms with Gasteiger partial charge in [0.15, 0.2) is 6.23 Å². The summed E-state index contributed by atoms with van der Waals surface area (Å²) in [5.74, 6) is 0.128. The number of benzene rings is 2. The number of hydrogen-bond acceptors (Lipinski definition) is 7. The number of nitro groups is 1. The number of hydrogen-bond donors (Lipinski definition) is 1. The van der Waals surface area contributed by atoms with Crippen LogP contribution in [0.5, 0.6) is 5.75 Å². The third-order valence-electron chi connectivity index (χ3n) is 4.20. The molecular weight excluding hydrogens is 350 g/mol. The summed E-state index contributed by atoms with van der Waals surface area (Å²) < 4.78 is 10.5. The van der Waals surface area contributed by atoms with Crippen molar-refractivity contribution in [3.63, 3.8) is 0 Å². The lowest BCUT2D eigenvalue weighted by Crippen LogP contribution is -2.22. The van der Waals surface area contributed by atoms with Gasteiger partial charge in [-0.15, -0.1) is 0 Å². The predicted octanol–water partition coefficient (Wildman–Crippen LogP) is 3.93. The van der Waals surface area contributed by atoms with Crippen molar-refractivity contribution in [2.45, 2.75) is 27.0 Å². The van der Waals surface area contributed by atoms with Crippen LogP contribution in [0.15, 0.2) is 30.3 Å². The number of fused-ring (bicyclic) bond motifs is 2. The highest BCUT2D eigenvalue weighted by molar-refractivity contribution is 6.12. The summed E-state index contributed by atoms with van der Waals surface area (Å²) in [4.78, 5) is 27.1. The molecule has 3 rings (SSSR count). The second-order valence-electron chi connectivity index (χ2n) is 6.15. The molecule has 0 radical (unpaired) electrons. The molecule has 0 amide bonds. The molecule has 2 aromatic carbocycles. The normalized spacial score (nSPS) is 12.0. The molecule has 0 aliphatic carbocycles. The molecule has 1 N–H and O–H groups in total. The molecule has 27 heavy (non-hydrogen) atoms. The number of carbonyl (C=O) groups excluding carboxylic acids is 1. The summed E-state index contributed by atoms with van der Waals surface area (Å²) in [5.41, 5.74) is 2.35. The average Bonchev–Trinajstić information content (AvgIpc) is 2.61. The van der Waals surface area contributed by atoms with Gasteiger partial charge in [-0.3, -0.25) is 14.9 Å². The van der Waals surface area contributed by atoms with Gasteiger partial charge in [0.2, 0.25) is 0 Å². The minimum absolute atomic E-state index is 0.0784. The number of esters is 1. The molecule has 0 saturated carbocycles. The number of rotatable bonds is 5. The summed E-state index contributed by atoms with van der Waals surface area (Å²) in [7, 11) is 1.54. The number of non-ortho nitro benzene ring substituents is 1. The summed E-state index contributed by atoms with van der Waals surface area (Å²) in [6.07, 6.45) is -0.692. The number of carbonyl (C=O) groups is 1. The first-order valence-electron chi connectivity index (χ1n) is 8.31. The molecule has 0 fully saturated rings. The lowest BCUT2D eigenvalue weighted by atomic mass is 10.0. The van der Waals surface area contributed by atoms with Crippen molar-refractivity contribution in [3.8, 4) is 5.75 Å². The van der Waals surface area contributed by atoms with Crippen molar-refractivity contribution >= 4 is 39.1 Å². The Kier molecular flexibility index (Phi) is 4.81. The number of nitrogens with zero attached hydrogens (tertiary/aromatic N) is 2. The van der Waals surface area contributed by atoms with Gasteiger partial charge in [0.25, 0.3) is 5.69 Å². The lowest BCUT2D eigenvalue weighted by Gasteiger charge is -2.19. The third kappa shape index (κ3) is 3.46. The Labute approximate surface area is 155 Å². The van der Waals surface area contributed by atoms with Crippen LogP contribution in [0.4, 0.5) is 11.4 Å². The standard InChI is InChI=1S/C19H19N3O5/c1-10-5-8-16(22(24)25)17-18(10)21-15-7-6-13(26-4)9-14(15)19(17)20-11(2)27-12(3)23/h5-9,11H,1-4H3,(H,20,21). The first-order chi connectivity index (χ1) is 12.8. The largest absolute Gasteiger partial charge is 0.497 e. The van der Waals surface area contributed by atoms with E-state index in [-0.39, 0.29) is 5.69 Å². The maximum absolute atomic E-state index is 11.6. The van der Waals surface area contributed by atoms with E-state index in [1.54, 1.807) is 31.2 Å². The van der Waals surface area contributed by atoms with E-state index >= 15 is 0 Å². The van der Waals surface area contributed by atoms with Gasteiger partial charge in [-0.2, -0.15) is 0 Å². The van der Waals surface area contributed by atoms with Gasteiger partial charge >= 0.3 is 5.97 Å². The summed E-state index contributed by atoms with van der Waals surface area (Å²) >= 11 is 0. The smallest absolute Gasteiger partial charge is 0.304 e. The highest BCUT2D eigenvalue weighted by Gasteiger charge is 2.22. The third-order valence-corrected chi connectivity index (χ3v) is 4.20. The van der Waals surface area contributed by atoms with Crippen LogP contribution in [-0.4, -0.2) is 29.2 Å². The molecule has 0 aliphatic heterocycles. The molecule has 140 valence electrons. The summed E-state index contributed by atoms with van der Waals surface area (Å²) in [5, 5.41) is 15.7. The van der Waals surface area contributed by atoms with Gasteiger partial charge in [0.05, 0.1) is 28.8 Å². The van der Waals surface area contributed by atoms with Gasteiger partial charge in [-0.05, 0) is 37.6 Å². The van der Waals surface area contributed by atoms with E-state index in [0.717, 1.165) is 5.56 Å².